The summed E-state index contributed by atoms with van der Waals surface area (Å²) in [6.45, 7) is 1.95. The van der Waals surface area contributed by atoms with Gasteiger partial charge in [-0.1, -0.05) is 44.0 Å². The van der Waals surface area contributed by atoms with Crippen molar-refractivity contribution in [2.45, 2.75) is 11.8 Å². The third kappa shape index (κ3) is 3.26. The second-order valence-electron chi connectivity index (χ2n) is 4.16. The van der Waals surface area contributed by atoms with E-state index in [2.05, 4.69) is 47.8 Å². The quantitative estimate of drug-likeness (QED) is 0.370. The second kappa shape index (κ2) is 6.02. The molecular weight excluding hydrogens is 446 g/mol. The van der Waals surface area contributed by atoms with Crippen LogP contribution in [-0.4, -0.2) is 0 Å². The Hall–Kier alpha value is -0.260. The van der Waals surface area contributed by atoms with Gasteiger partial charge in [0.2, 0.25) is 0 Å². The summed E-state index contributed by atoms with van der Waals surface area (Å²) < 4.78 is 28.6. The minimum atomic E-state index is -0.477. The van der Waals surface area contributed by atoms with Crippen molar-refractivity contribution in [1.29, 1.82) is 0 Å². The molecule has 0 bridgehead atoms. The van der Waals surface area contributed by atoms with E-state index < -0.39 is 11.6 Å². The largest absolute Gasteiger partial charge is 0.207 e. The lowest BCUT2D eigenvalue weighted by atomic mass is 10.0. The lowest BCUT2D eigenvalue weighted by Gasteiger charge is -2.14. The molecule has 0 spiro atoms. The Balaban J connectivity index is 2.46. The first kappa shape index (κ1) is 15.1. The summed E-state index contributed by atoms with van der Waals surface area (Å²) in [5, 5.41) is 0. The van der Waals surface area contributed by atoms with Crippen LogP contribution < -0.4 is 0 Å². The molecule has 0 aliphatic heterocycles. The number of alkyl halides is 1. The zero-order chi connectivity index (χ0) is 14.2. The van der Waals surface area contributed by atoms with Crippen molar-refractivity contribution in [2.75, 3.05) is 0 Å². The van der Waals surface area contributed by atoms with Crippen LogP contribution in [0.3, 0.4) is 0 Å². The molecule has 0 saturated heterocycles. The number of rotatable bonds is 2. The Labute approximate surface area is 135 Å². The zero-order valence-corrected chi connectivity index (χ0v) is 14.6. The molecule has 0 aliphatic rings. The molecule has 2 rings (SSSR count). The second-order valence-corrected chi connectivity index (χ2v) is 6.78. The van der Waals surface area contributed by atoms with Crippen LogP contribution in [0.1, 0.15) is 21.5 Å². The molecule has 0 aliphatic carbocycles. The van der Waals surface area contributed by atoms with Gasteiger partial charge in [-0.15, -0.1) is 0 Å². The Morgan fingerprint density at radius 2 is 1.63 bits per heavy atom. The van der Waals surface area contributed by atoms with E-state index in [1.807, 2.05) is 25.1 Å². The van der Waals surface area contributed by atoms with Crippen molar-refractivity contribution < 1.29 is 8.78 Å². The zero-order valence-electron chi connectivity index (χ0n) is 9.85. The van der Waals surface area contributed by atoms with Crippen LogP contribution in [-0.2, 0) is 0 Å². The smallest absolute Gasteiger partial charge is 0.137 e. The first-order valence-corrected chi connectivity index (χ1v) is 7.95. The van der Waals surface area contributed by atoms with Crippen LogP contribution in [0, 0.1) is 18.6 Å². The van der Waals surface area contributed by atoms with Crippen LogP contribution in [0.25, 0.3) is 0 Å². The molecule has 2 aromatic carbocycles. The molecule has 0 amide bonds. The van der Waals surface area contributed by atoms with Gasteiger partial charge in [0.1, 0.15) is 11.6 Å². The summed E-state index contributed by atoms with van der Waals surface area (Å²) in [6.07, 6.45) is 0. The van der Waals surface area contributed by atoms with Crippen LogP contribution in [0.4, 0.5) is 8.78 Å². The molecule has 0 radical (unpaired) electrons. The van der Waals surface area contributed by atoms with Gasteiger partial charge in [-0.2, -0.15) is 0 Å². The maximum atomic E-state index is 13.9. The molecule has 0 saturated carbocycles. The number of hydrogen-bond donors (Lipinski definition) is 0. The maximum Gasteiger partial charge on any atom is 0.137 e. The standard InChI is InChI=1S/C14H9Br3F2/c1-7-4-8(2-3-10(7)15)14(17)9-5-13(19)11(16)6-12(9)18/h2-6,14H,1H3. The predicted molar refractivity (Wildman–Crippen MR) is 83.7 cm³/mol. The van der Waals surface area contributed by atoms with E-state index in [1.165, 1.54) is 6.07 Å². The summed E-state index contributed by atoms with van der Waals surface area (Å²) in [4.78, 5) is -0.387. The van der Waals surface area contributed by atoms with Crippen LogP contribution >= 0.6 is 47.8 Å². The summed E-state index contributed by atoms with van der Waals surface area (Å²) in [5.41, 5.74) is 2.20. The number of halogens is 5. The number of aryl methyl sites for hydroxylation is 1. The van der Waals surface area contributed by atoms with E-state index in [-0.39, 0.29) is 14.9 Å². The van der Waals surface area contributed by atoms with Gasteiger partial charge in [0.15, 0.2) is 0 Å². The summed E-state index contributed by atoms with van der Waals surface area (Å²) in [5.74, 6) is -0.926. The summed E-state index contributed by atoms with van der Waals surface area (Å²) >= 11 is 9.81. The molecular formula is C14H9Br3F2. The molecule has 100 valence electrons. The third-order valence-electron chi connectivity index (χ3n) is 2.79. The first-order chi connectivity index (χ1) is 8.90. The van der Waals surface area contributed by atoms with Crippen LogP contribution in [0.5, 0.6) is 0 Å². The highest BCUT2D eigenvalue weighted by Gasteiger charge is 2.18. The van der Waals surface area contributed by atoms with Gasteiger partial charge in [-0.3, -0.25) is 0 Å². The maximum absolute atomic E-state index is 13.9. The van der Waals surface area contributed by atoms with E-state index in [0.717, 1.165) is 21.7 Å². The predicted octanol–water partition coefficient (Wildman–Crippen LogP) is 6.28. The molecule has 0 nitrogen and oxygen atoms in total. The molecule has 0 aromatic heterocycles. The SMILES string of the molecule is Cc1cc(C(Br)c2cc(F)c(Br)cc2F)ccc1Br. The molecule has 1 atom stereocenters. The highest BCUT2D eigenvalue weighted by atomic mass is 79.9. The molecule has 0 fully saturated rings. The van der Waals surface area contributed by atoms with E-state index in [9.17, 15) is 8.78 Å². The van der Waals surface area contributed by atoms with Gasteiger partial charge in [0.05, 0.1) is 9.30 Å². The number of benzene rings is 2. The molecule has 0 N–H and O–H groups in total. The van der Waals surface area contributed by atoms with Crippen molar-refractivity contribution in [3.63, 3.8) is 0 Å². The minimum absolute atomic E-state index is 0.125. The van der Waals surface area contributed by atoms with Gasteiger partial charge in [-0.25, -0.2) is 8.78 Å². The molecule has 2 aromatic rings. The van der Waals surface area contributed by atoms with E-state index in [4.69, 9.17) is 0 Å². The Bertz CT molecular complexity index is 626. The van der Waals surface area contributed by atoms with E-state index in [1.54, 1.807) is 0 Å². The average Bonchev–Trinajstić information content (AvgIpc) is 2.36. The van der Waals surface area contributed by atoms with Crippen molar-refractivity contribution in [1.82, 2.24) is 0 Å². The lowest BCUT2D eigenvalue weighted by Crippen LogP contribution is -1.99. The highest BCUT2D eigenvalue weighted by molar-refractivity contribution is 9.10. The normalized spacial score (nSPS) is 12.5. The number of hydrogen-bond acceptors (Lipinski definition) is 0. The Morgan fingerprint density at radius 3 is 2.26 bits per heavy atom. The third-order valence-corrected chi connectivity index (χ3v) is 5.31. The van der Waals surface area contributed by atoms with Crippen molar-refractivity contribution in [3.8, 4) is 0 Å². The molecule has 19 heavy (non-hydrogen) atoms. The summed E-state index contributed by atoms with van der Waals surface area (Å²) in [6, 6.07) is 8.05. The minimum Gasteiger partial charge on any atom is -0.207 e. The van der Waals surface area contributed by atoms with Gasteiger partial charge in [0.25, 0.3) is 0 Å². The molecule has 5 heteroatoms. The highest BCUT2D eigenvalue weighted by Crippen LogP contribution is 2.35. The van der Waals surface area contributed by atoms with Gasteiger partial charge in [0, 0.05) is 10.0 Å². The van der Waals surface area contributed by atoms with Crippen LogP contribution in [0.15, 0.2) is 39.3 Å². The first-order valence-electron chi connectivity index (χ1n) is 5.44. The summed E-state index contributed by atoms with van der Waals surface area (Å²) in [7, 11) is 0. The van der Waals surface area contributed by atoms with Gasteiger partial charge >= 0.3 is 0 Å². The monoisotopic (exact) mass is 452 g/mol. The Morgan fingerprint density at radius 1 is 0.947 bits per heavy atom. The average molecular weight is 455 g/mol. The van der Waals surface area contributed by atoms with E-state index >= 15 is 0 Å². The van der Waals surface area contributed by atoms with Crippen LogP contribution in [0.2, 0.25) is 0 Å². The Kier molecular flexibility index (Phi) is 4.79. The fourth-order valence-electron chi connectivity index (χ4n) is 1.74. The van der Waals surface area contributed by atoms with Crippen molar-refractivity contribution >= 4 is 47.8 Å². The lowest BCUT2D eigenvalue weighted by molar-refractivity contribution is 0.583. The fraction of sp³-hybridized carbons (Fsp3) is 0.143. The van der Waals surface area contributed by atoms with Gasteiger partial charge in [-0.05, 0) is 52.2 Å². The molecule has 1 unspecified atom stereocenters. The van der Waals surface area contributed by atoms with Crippen molar-refractivity contribution in [2.24, 2.45) is 0 Å². The van der Waals surface area contributed by atoms with Crippen molar-refractivity contribution in [3.05, 3.63) is 67.6 Å². The topological polar surface area (TPSA) is 0 Å². The molecule has 0 heterocycles. The van der Waals surface area contributed by atoms with E-state index in [0.29, 0.717) is 0 Å². The van der Waals surface area contributed by atoms with Gasteiger partial charge < -0.3 is 0 Å². The fourth-order valence-corrected chi connectivity index (χ4v) is 2.93.